The van der Waals surface area contributed by atoms with Gasteiger partial charge < -0.3 is 9.26 Å². The van der Waals surface area contributed by atoms with Crippen molar-refractivity contribution in [1.29, 1.82) is 0 Å². The second-order valence-corrected chi connectivity index (χ2v) is 8.38. The number of fused-ring (bicyclic) bond motifs is 1. The van der Waals surface area contributed by atoms with Gasteiger partial charge in [0.1, 0.15) is 5.75 Å². The van der Waals surface area contributed by atoms with Gasteiger partial charge in [0.25, 0.3) is 15.9 Å². The minimum Gasteiger partial charge on any atom is -0.482 e. The summed E-state index contributed by atoms with van der Waals surface area (Å²) >= 11 is 1.16. The number of carbonyl (C=O) groups excluding carboxylic acids is 1. The van der Waals surface area contributed by atoms with Crippen LogP contribution in [0.2, 0.25) is 0 Å². The summed E-state index contributed by atoms with van der Waals surface area (Å²) in [5.74, 6) is 0.844. The Bertz CT molecular complexity index is 1110. The normalized spacial score (nSPS) is 13.9. The lowest BCUT2D eigenvalue weighted by Crippen LogP contribution is -2.38. The third-order valence-electron chi connectivity index (χ3n) is 3.95. The predicted octanol–water partition coefficient (Wildman–Crippen LogP) is 1.81. The molecule has 3 aromatic rings. The number of hydrogen-bond acceptors (Lipinski definition) is 9. The van der Waals surface area contributed by atoms with Crippen molar-refractivity contribution in [3.05, 3.63) is 41.5 Å². The van der Waals surface area contributed by atoms with Crippen LogP contribution in [0.3, 0.4) is 0 Å². The number of rotatable bonds is 6. The van der Waals surface area contributed by atoms with E-state index in [4.69, 9.17) is 9.26 Å². The molecule has 0 unspecified atom stereocenters. The molecule has 0 saturated carbocycles. The van der Waals surface area contributed by atoms with Gasteiger partial charge in [0.15, 0.2) is 17.6 Å². The SMILES string of the molecule is CCc1nc(CN2C(=O)COc3ccc(S(=O)(=O)Nc4nccs4)cc32)no1. The number of sulfonamides is 1. The minimum atomic E-state index is -3.88. The number of amides is 1. The molecule has 12 heteroatoms. The van der Waals surface area contributed by atoms with E-state index in [0.29, 0.717) is 29.6 Å². The molecular weight excluding hydrogens is 406 g/mol. The zero-order valence-electron chi connectivity index (χ0n) is 14.7. The van der Waals surface area contributed by atoms with Gasteiger partial charge in [-0.05, 0) is 18.2 Å². The Morgan fingerprint density at radius 3 is 2.93 bits per heavy atom. The van der Waals surface area contributed by atoms with E-state index in [0.717, 1.165) is 11.3 Å². The zero-order valence-corrected chi connectivity index (χ0v) is 16.3. The maximum atomic E-state index is 12.6. The first-order chi connectivity index (χ1) is 13.5. The Morgan fingerprint density at radius 1 is 1.36 bits per heavy atom. The fraction of sp³-hybridized carbons (Fsp3) is 0.250. The number of hydrogen-bond donors (Lipinski definition) is 1. The molecule has 1 aromatic carbocycles. The number of aryl methyl sites for hydroxylation is 1. The molecule has 4 rings (SSSR count). The number of benzene rings is 1. The van der Waals surface area contributed by atoms with E-state index in [1.807, 2.05) is 6.92 Å². The average Bonchev–Trinajstić information content (AvgIpc) is 3.35. The summed E-state index contributed by atoms with van der Waals surface area (Å²) in [6, 6.07) is 4.30. The Morgan fingerprint density at radius 2 is 2.21 bits per heavy atom. The van der Waals surface area contributed by atoms with Crippen LogP contribution in [-0.4, -0.2) is 36.1 Å². The van der Waals surface area contributed by atoms with Crippen LogP contribution in [0.5, 0.6) is 5.75 Å². The van der Waals surface area contributed by atoms with Crippen LogP contribution < -0.4 is 14.4 Å². The molecule has 10 nitrogen and oxygen atoms in total. The topological polar surface area (TPSA) is 128 Å². The Labute approximate surface area is 164 Å². The monoisotopic (exact) mass is 421 g/mol. The van der Waals surface area contributed by atoms with E-state index < -0.39 is 10.0 Å². The van der Waals surface area contributed by atoms with Crippen LogP contribution in [0, 0.1) is 0 Å². The highest BCUT2D eigenvalue weighted by atomic mass is 32.2. The lowest BCUT2D eigenvalue weighted by atomic mass is 10.2. The predicted molar refractivity (Wildman–Crippen MR) is 99.7 cm³/mol. The maximum absolute atomic E-state index is 12.6. The Kier molecular flexibility index (Phi) is 4.73. The average molecular weight is 421 g/mol. The second kappa shape index (κ2) is 7.20. The van der Waals surface area contributed by atoms with Gasteiger partial charge in [-0.2, -0.15) is 4.98 Å². The second-order valence-electron chi connectivity index (χ2n) is 5.80. The number of aromatic nitrogens is 3. The fourth-order valence-electron chi connectivity index (χ4n) is 2.61. The first-order valence-corrected chi connectivity index (χ1v) is 10.6. The van der Waals surface area contributed by atoms with E-state index in [9.17, 15) is 13.2 Å². The van der Waals surface area contributed by atoms with E-state index in [1.165, 1.54) is 29.3 Å². The lowest BCUT2D eigenvalue weighted by Gasteiger charge is -2.28. The van der Waals surface area contributed by atoms with Gasteiger partial charge in [0.05, 0.1) is 17.1 Å². The van der Waals surface area contributed by atoms with Gasteiger partial charge in [0.2, 0.25) is 5.89 Å². The minimum absolute atomic E-state index is 0.0212. The molecule has 1 aliphatic rings. The largest absolute Gasteiger partial charge is 0.482 e. The summed E-state index contributed by atoms with van der Waals surface area (Å²) in [5, 5.41) is 5.76. The molecule has 1 aliphatic heterocycles. The number of anilines is 2. The van der Waals surface area contributed by atoms with Crippen LogP contribution in [-0.2, 0) is 27.8 Å². The van der Waals surface area contributed by atoms with Crippen molar-refractivity contribution in [1.82, 2.24) is 15.1 Å². The summed E-state index contributed by atoms with van der Waals surface area (Å²) in [5.41, 5.74) is 0.320. The molecule has 146 valence electrons. The van der Waals surface area contributed by atoms with E-state index in [2.05, 4.69) is 19.8 Å². The number of ether oxygens (including phenoxy) is 1. The van der Waals surface area contributed by atoms with Crippen molar-refractivity contribution < 1.29 is 22.5 Å². The van der Waals surface area contributed by atoms with Gasteiger partial charge in [-0.3, -0.25) is 14.4 Å². The van der Waals surface area contributed by atoms with E-state index >= 15 is 0 Å². The maximum Gasteiger partial charge on any atom is 0.265 e. The van der Waals surface area contributed by atoms with E-state index in [-0.39, 0.29) is 29.1 Å². The van der Waals surface area contributed by atoms with Crippen LogP contribution in [0.15, 0.2) is 39.2 Å². The number of nitrogens with one attached hydrogen (secondary N) is 1. The number of carbonyl (C=O) groups is 1. The zero-order chi connectivity index (χ0) is 19.7. The molecule has 28 heavy (non-hydrogen) atoms. The Balaban J connectivity index is 1.67. The van der Waals surface area contributed by atoms with Crippen molar-refractivity contribution in [3.63, 3.8) is 0 Å². The highest BCUT2D eigenvalue weighted by Crippen LogP contribution is 2.35. The summed E-state index contributed by atoms with van der Waals surface area (Å²) in [6.45, 7) is 1.76. The van der Waals surface area contributed by atoms with Gasteiger partial charge >= 0.3 is 0 Å². The van der Waals surface area contributed by atoms with Crippen molar-refractivity contribution >= 4 is 38.1 Å². The third-order valence-corrected chi connectivity index (χ3v) is 6.10. The van der Waals surface area contributed by atoms with Crippen LogP contribution in [0.1, 0.15) is 18.6 Å². The first kappa shape index (κ1) is 18.4. The highest BCUT2D eigenvalue weighted by molar-refractivity contribution is 7.93. The van der Waals surface area contributed by atoms with Crippen molar-refractivity contribution in [2.45, 2.75) is 24.8 Å². The quantitative estimate of drug-likeness (QED) is 0.638. The Hall–Kier alpha value is -2.99. The summed E-state index contributed by atoms with van der Waals surface area (Å²) < 4.78 is 38.2. The van der Waals surface area contributed by atoms with Gasteiger partial charge in [0, 0.05) is 18.0 Å². The molecule has 0 spiro atoms. The van der Waals surface area contributed by atoms with Crippen LogP contribution in [0.25, 0.3) is 0 Å². The van der Waals surface area contributed by atoms with Crippen LogP contribution in [0.4, 0.5) is 10.8 Å². The summed E-state index contributed by atoms with van der Waals surface area (Å²) in [4.78, 5) is 21.9. The van der Waals surface area contributed by atoms with Gasteiger partial charge in [-0.15, -0.1) is 11.3 Å². The lowest BCUT2D eigenvalue weighted by molar-refractivity contribution is -0.121. The molecule has 1 N–H and O–H groups in total. The molecule has 3 heterocycles. The number of nitrogens with zero attached hydrogens (tertiary/aromatic N) is 4. The molecular formula is C16H15N5O5S2. The standard InChI is InChI=1S/C16H15N5O5S2/c1-2-14-18-13(19-26-14)8-21-11-7-10(3-4-12(11)25-9-15(21)22)28(23,24)20-16-17-5-6-27-16/h3-7H,2,8-9H2,1H3,(H,17,20). The fourth-order valence-corrected chi connectivity index (χ4v) is 4.42. The smallest absolute Gasteiger partial charge is 0.265 e. The van der Waals surface area contributed by atoms with Gasteiger partial charge in [-0.25, -0.2) is 13.4 Å². The summed E-state index contributed by atoms with van der Waals surface area (Å²) in [7, 11) is -3.88. The van der Waals surface area contributed by atoms with Crippen molar-refractivity contribution in [2.24, 2.45) is 0 Å². The molecule has 1 amide bonds. The molecule has 0 saturated heterocycles. The van der Waals surface area contributed by atoms with E-state index in [1.54, 1.807) is 5.38 Å². The molecule has 0 bridgehead atoms. The molecule has 0 fully saturated rings. The highest BCUT2D eigenvalue weighted by Gasteiger charge is 2.29. The first-order valence-electron chi connectivity index (χ1n) is 8.27. The molecule has 2 aromatic heterocycles. The molecule has 0 radical (unpaired) electrons. The third kappa shape index (κ3) is 3.55. The summed E-state index contributed by atoms with van der Waals surface area (Å²) in [6.07, 6.45) is 2.07. The van der Waals surface area contributed by atoms with Crippen molar-refractivity contribution in [2.75, 3.05) is 16.2 Å². The van der Waals surface area contributed by atoms with Crippen LogP contribution >= 0.6 is 11.3 Å². The molecule has 0 atom stereocenters. The van der Waals surface area contributed by atoms with Gasteiger partial charge in [-0.1, -0.05) is 12.1 Å². The van der Waals surface area contributed by atoms with Crippen molar-refractivity contribution in [3.8, 4) is 5.75 Å². The molecule has 0 aliphatic carbocycles. The number of thiazole rings is 1.